The van der Waals surface area contributed by atoms with Gasteiger partial charge in [-0.3, -0.25) is 5.10 Å². The molecule has 2 aromatic heterocycles. The molecule has 6 nitrogen and oxygen atoms in total. The van der Waals surface area contributed by atoms with Gasteiger partial charge in [-0.2, -0.15) is 15.1 Å². The molecule has 0 radical (unpaired) electrons. The second-order valence-corrected chi connectivity index (χ2v) is 4.66. The van der Waals surface area contributed by atoms with E-state index in [1.807, 2.05) is 0 Å². The van der Waals surface area contributed by atoms with Crippen LogP contribution in [-0.2, 0) is 0 Å². The van der Waals surface area contributed by atoms with Crippen LogP contribution < -0.4 is 11.1 Å². The van der Waals surface area contributed by atoms with E-state index in [1.54, 1.807) is 24.4 Å². The Morgan fingerprint density at radius 1 is 1.21 bits per heavy atom. The predicted molar refractivity (Wildman–Crippen MR) is 75.8 cm³/mol. The van der Waals surface area contributed by atoms with Gasteiger partial charge in [0.25, 0.3) is 0 Å². The first-order valence-corrected chi connectivity index (χ1v) is 6.08. The number of fused-ring (bicyclic) bond motifs is 1. The maximum Gasteiger partial charge on any atom is 0.224 e. The fourth-order valence-electron chi connectivity index (χ4n) is 1.67. The van der Waals surface area contributed by atoms with Crippen molar-refractivity contribution in [3.8, 4) is 0 Å². The van der Waals surface area contributed by atoms with Crippen LogP contribution in [0.2, 0.25) is 10.0 Å². The van der Waals surface area contributed by atoms with E-state index in [0.717, 1.165) is 0 Å². The van der Waals surface area contributed by atoms with Gasteiger partial charge in [-0.1, -0.05) is 23.2 Å². The summed E-state index contributed by atoms with van der Waals surface area (Å²) in [5.74, 6) is 0.651. The summed E-state index contributed by atoms with van der Waals surface area (Å²) in [5.41, 5.74) is 6.82. The maximum atomic E-state index is 6.09. The molecule has 0 saturated carbocycles. The number of hydrogen-bond acceptors (Lipinski definition) is 5. The number of nitrogens with one attached hydrogen (secondary N) is 2. The Labute approximate surface area is 118 Å². The summed E-state index contributed by atoms with van der Waals surface area (Å²) >= 11 is 12.0. The van der Waals surface area contributed by atoms with Crippen LogP contribution in [0.4, 0.5) is 17.5 Å². The Kier molecular flexibility index (Phi) is 2.88. The zero-order valence-electron chi connectivity index (χ0n) is 9.48. The number of anilines is 3. The lowest BCUT2D eigenvalue weighted by molar-refractivity contribution is 1.09. The van der Waals surface area contributed by atoms with Crippen molar-refractivity contribution < 1.29 is 0 Å². The summed E-state index contributed by atoms with van der Waals surface area (Å²) in [4.78, 5) is 8.16. The fraction of sp³-hybridized carbons (Fsp3) is 0. The molecule has 3 rings (SSSR count). The first kappa shape index (κ1) is 12.0. The van der Waals surface area contributed by atoms with E-state index in [-0.39, 0.29) is 5.95 Å². The van der Waals surface area contributed by atoms with Crippen LogP contribution in [0, 0.1) is 0 Å². The summed E-state index contributed by atoms with van der Waals surface area (Å²) in [5, 5.41) is 11.5. The normalized spacial score (nSPS) is 10.8. The molecular weight excluding hydrogens is 287 g/mol. The van der Waals surface area contributed by atoms with E-state index in [0.29, 0.717) is 32.6 Å². The number of nitrogens with zero attached hydrogens (tertiary/aromatic N) is 3. The average Bonchev–Trinajstić information content (AvgIpc) is 2.82. The van der Waals surface area contributed by atoms with E-state index < -0.39 is 0 Å². The molecule has 0 unspecified atom stereocenters. The predicted octanol–water partition coefficient (Wildman–Crippen LogP) is 2.99. The van der Waals surface area contributed by atoms with Gasteiger partial charge < -0.3 is 11.1 Å². The van der Waals surface area contributed by atoms with Crippen molar-refractivity contribution in [3.63, 3.8) is 0 Å². The third-order valence-corrected chi connectivity index (χ3v) is 3.07. The van der Waals surface area contributed by atoms with Crippen LogP contribution in [0.3, 0.4) is 0 Å². The molecule has 0 aliphatic rings. The van der Waals surface area contributed by atoms with Crippen LogP contribution in [0.1, 0.15) is 0 Å². The van der Waals surface area contributed by atoms with E-state index in [2.05, 4.69) is 25.5 Å². The first-order valence-electron chi connectivity index (χ1n) is 5.32. The molecule has 1 aromatic carbocycles. The van der Waals surface area contributed by atoms with Crippen molar-refractivity contribution >= 4 is 51.7 Å². The molecule has 0 amide bonds. The molecule has 0 aliphatic heterocycles. The van der Waals surface area contributed by atoms with Crippen molar-refractivity contribution in [1.82, 2.24) is 20.2 Å². The Morgan fingerprint density at radius 3 is 2.89 bits per heavy atom. The highest BCUT2D eigenvalue weighted by Gasteiger charge is 2.10. The smallest absolute Gasteiger partial charge is 0.224 e. The molecule has 19 heavy (non-hydrogen) atoms. The summed E-state index contributed by atoms with van der Waals surface area (Å²) in [7, 11) is 0. The van der Waals surface area contributed by atoms with Crippen LogP contribution >= 0.6 is 23.2 Å². The largest absolute Gasteiger partial charge is 0.368 e. The average molecular weight is 295 g/mol. The van der Waals surface area contributed by atoms with E-state index in [4.69, 9.17) is 28.9 Å². The van der Waals surface area contributed by atoms with Crippen molar-refractivity contribution in [2.45, 2.75) is 0 Å². The number of rotatable bonds is 2. The summed E-state index contributed by atoms with van der Waals surface area (Å²) in [6.45, 7) is 0. The van der Waals surface area contributed by atoms with E-state index in [9.17, 15) is 0 Å². The molecule has 4 N–H and O–H groups in total. The third-order valence-electron chi connectivity index (χ3n) is 2.51. The van der Waals surface area contributed by atoms with Gasteiger partial charge in [0.1, 0.15) is 5.82 Å². The van der Waals surface area contributed by atoms with Gasteiger partial charge >= 0.3 is 0 Å². The molecule has 0 fully saturated rings. The van der Waals surface area contributed by atoms with Gasteiger partial charge in [0.15, 0.2) is 5.65 Å². The fourth-order valence-corrected chi connectivity index (χ4v) is 2.01. The topological polar surface area (TPSA) is 92.5 Å². The zero-order chi connectivity index (χ0) is 13.4. The molecule has 0 atom stereocenters. The Bertz CT molecular complexity index is 754. The van der Waals surface area contributed by atoms with Gasteiger partial charge in [0, 0.05) is 5.02 Å². The molecule has 2 heterocycles. The zero-order valence-corrected chi connectivity index (χ0v) is 11.0. The second-order valence-electron chi connectivity index (χ2n) is 3.81. The highest BCUT2D eigenvalue weighted by molar-refractivity contribution is 6.35. The van der Waals surface area contributed by atoms with Gasteiger partial charge in [-0.25, -0.2) is 0 Å². The molecular formula is C11H8Cl2N6. The molecule has 0 spiro atoms. The highest BCUT2D eigenvalue weighted by Crippen LogP contribution is 2.30. The lowest BCUT2D eigenvalue weighted by atomic mass is 10.3. The van der Waals surface area contributed by atoms with Crippen molar-refractivity contribution in [2.75, 3.05) is 11.1 Å². The SMILES string of the molecule is Nc1nc(Nc2cc(Cl)ccc2Cl)c2cn[nH]c2n1. The monoisotopic (exact) mass is 294 g/mol. The van der Waals surface area contributed by atoms with E-state index >= 15 is 0 Å². The number of H-pyrrole nitrogens is 1. The van der Waals surface area contributed by atoms with Gasteiger partial charge in [0.05, 0.1) is 22.3 Å². The van der Waals surface area contributed by atoms with Crippen molar-refractivity contribution in [2.24, 2.45) is 0 Å². The molecule has 96 valence electrons. The minimum atomic E-state index is 0.136. The number of hydrogen-bond donors (Lipinski definition) is 3. The van der Waals surface area contributed by atoms with Crippen LogP contribution in [0.5, 0.6) is 0 Å². The summed E-state index contributed by atoms with van der Waals surface area (Å²) in [6.07, 6.45) is 1.61. The van der Waals surface area contributed by atoms with E-state index in [1.165, 1.54) is 0 Å². The van der Waals surface area contributed by atoms with Crippen LogP contribution in [0.25, 0.3) is 11.0 Å². The van der Waals surface area contributed by atoms with Gasteiger partial charge in [-0.15, -0.1) is 0 Å². The lowest BCUT2D eigenvalue weighted by Gasteiger charge is -2.09. The highest BCUT2D eigenvalue weighted by atomic mass is 35.5. The molecule has 0 saturated heterocycles. The number of benzene rings is 1. The minimum Gasteiger partial charge on any atom is -0.368 e. The Balaban J connectivity index is 2.10. The van der Waals surface area contributed by atoms with Gasteiger partial charge in [0.2, 0.25) is 5.95 Å². The molecule has 0 aliphatic carbocycles. The van der Waals surface area contributed by atoms with Crippen molar-refractivity contribution in [3.05, 3.63) is 34.4 Å². The summed E-state index contributed by atoms with van der Waals surface area (Å²) < 4.78 is 0. The second kappa shape index (κ2) is 4.56. The Morgan fingerprint density at radius 2 is 2.05 bits per heavy atom. The summed E-state index contributed by atoms with van der Waals surface area (Å²) in [6, 6.07) is 5.11. The molecule has 0 bridgehead atoms. The number of aromatic amines is 1. The lowest BCUT2D eigenvalue weighted by Crippen LogP contribution is -2.01. The Hall–Kier alpha value is -2.05. The number of halogens is 2. The molecule has 8 heteroatoms. The number of nitrogen functional groups attached to an aromatic ring is 1. The van der Waals surface area contributed by atoms with Crippen molar-refractivity contribution in [1.29, 1.82) is 0 Å². The quantitative estimate of drug-likeness (QED) is 0.676. The third kappa shape index (κ3) is 2.27. The number of nitrogens with two attached hydrogens (primary N) is 1. The van der Waals surface area contributed by atoms with Crippen LogP contribution in [-0.4, -0.2) is 20.2 Å². The minimum absolute atomic E-state index is 0.136. The van der Waals surface area contributed by atoms with Crippen LogP contribution in [0.15, 0.2) is 24.4 Å². The maximum absolute atomic E-state index is 6.09. The first-order chi connectivity index (χ1) is 9.13. The molecule has 3 aromatic rings. The standard InChI is InChI=1S/C11H8Cl2N6/c12-5-1-2-7(13)8(3-5)16-9-6-4-15-19-10(6)18-11(14)17-9/h1-4H,(H4,14,15,16,17,18,19). The van der Waals surface area contributed by atoms with Gasteiger partial charge in [-0.05, 0) is 18.2 Å². The number of aromatic nitrogens is 4.